The number of hydrogen-bond donors (Lipinski definition) is 1. The van der Waals surface area contributed by atoms with Crippen LogP contribution in [-0.4, -0.2) is 21.4 Å². The predicted molar refractivity (Wildman–Crippen MR) is 93.4 cm³/mol. The summed E-state index contributed by atoms with van der Waals surface area (Å²) in [5.41, 5.74) is 1.96. The zero-order valence-electron chi connectivity index (χ0n) is 12.7. The van der Waals surface area contributed by atoms with Crippen LogP contribution in [-0.2, 0) is 13.1 Å². The SMILES string of the molecule is Cc1ccn(CCOc2ccccc2NCc2cnc(Cl)s2)n1. The molecule has 7 heteroatoms. The molecule has 1 N–H and O–H groups in total. The third-order valence-corrected chi connectivity index (χ3v) is 4.33. The lowest BCUT2D eigenvalue weighted by Gasteiger charge is -2.12. The van der Waals surface area contributed by atoms with Crippen molar-refractivity contribution in [3.63, 3.8) is 0 Å². The van der Waals surface area contributed by atoms with Crippen molar-refractivity contribution < 1.29 is 4.74 Å². The van der Waals surface area contributed by atoms with Gasteiger partial charge in [-0.3, -0.25) is 4.68 Å². The van der Waals surface area contributed by atoms with Gasteiger partial charge in [0.25, 0.3) is 0 Å². The van der Waals surface area contributed by atoms with Crippen molar-refractivity contribution in [1.29, 1.82) is 0 Å². The summed E-state index contributed by atoms with van der Waals surface area (Å²) in [6, 6.07) is 9.87. The minimum Gasteiger partial charge on any atom is -0.489 e. The molecule has 0 saturated carbocycles. The molecule has 0 bridgehead atoms. The fourth-order valence-corrected chi connectivity index (χ4v) is 3.04. The average Bonchev–Trinajstić information content (AvgIpc) is 3.15. The molecule has 0 aliphatic carbocycles. The second kappa shape index (κ2) is 7.48. The minimum absolute atomic E-state index is 0.556. The molecule has 0 spiro atoms. The van der Waals surface area contributed by atoms with Crippen LogP contribution in [0.2, 0.25) is 4.47 Å². The second-order valence-electron chi connectivity index (χ2n) is 5.00. The van der Waals surface area contributed by atoms with Gasteiger partial charge in [0.15, 0.2) is 4.47 Å². The highest BCUT2D eigenvalue weighted by Gasteiger charge is 2.05. The number of benzene rings is 1. The Morgan fingerprint density at radius 2 is 2.17 bits per heavy atom. The fourth-order valence-electron chi connectivity index (χ4n) is 2.12. The van der Waals surface area contributed by atoms with Crippen LogP contribution in [0.4, 0.5) is 5.69 Å². The van der Waals surface area contributed by atoms with Crippen LogP contribution in [0.5, 0.6) is 5.75 Å². The van der Waals surface area contributed by atoms with Gasteiger partial charge in [0.05, 0.1) is 24.5 Å². The van der Waals surface area contributed by atoms with Crippen LogP contribution in [0.25, 0.3) is 0 Å². The average molecular weight is 349 g/mol. The number of hydrogen-bond acceptors (Lipinski definition) is 5. The van der Waals surface area contributed by atoms with E-state index in [1.165, 1.54) is 11.3 Å². The second-order valence-corrected chi connectivity index (χ2v) is 6.70. The van der Waals surface area contributed by atoms with Crippen molar-refractivity contribution in [1.82, 2.24) is 14.8 Å². The van der Waals surface area contributed by atoms with Crippen molar-refractivity contribution in [2.45, 2.75) is 20.0 Å². The summed E-state index contributed by atoms with van der Waals surface area (Å²) in [5.74, 6) is 0.826. The molecule has 0 aliphatic heterocycles. The molecule has 1 aromatic carbocycles. The summed E-state index contributed by atoms with van der Waals surface area (Å²) in [5, 5.41) is 7.71. The van der Waals surface area contributed by atoms with E-state index in [2.05, 4.69) is 15.4 Å². The number of para-hydroxylation sites is 2. The van der Waals surface area contributed by atoms with Gasteiger partial charge in [-0.15, -0.1) is 11.3 Å². The first-order valence-corrected chi connectivity index (χ1v) is 8.46. The zero-order valence-corrected chi connectivity index (χ0v) is 14.3. The standard InChI is InChI=1S/C16H17ClN4OS/c1-12-6-7-21(20-12)8-9-22-15-5-3-2-4-14(15)18-10-13-11-19-16(17)23-13/h2-7,11,18H,8-10H2,1H3. The Morgan fingerprint density at radius 3 is 2.91 bits per heavy atom. The first-order chi connectivity index (χ1) is 11.2. The van der Waals surface area contributed by atoms with E-state index in [1.807, 2.05) is 48.1 Å². The molecule has 0 radical (unpaired) electrons. The van der Waals surface area contributed by atoms with Gasteiger partial charge in [-0.1, -0.05) is 23.7 Å². The summed E-state index contributed by atoms with van der Waals surface area (Å²) in [7, 11) is 0. The normalized spacial score (nSPS) is 10.7. The van der Waals surface area contributed by atoms with E-state index < -0.39 is 0 Å². The smallest absolute Gasteiger partial charge is 0.183 e. The Bertz CT molecular complexity index is 771. The molecule has 2 heterocycles. The van der Waals surface area contributed by atoms with Crippen molar-refractivity contribution in [2.24, 2.45) is 0 Å². The van der Waals surface area contributed by atoms with E-state index in [1.54, 1.807) is 6.20 Å². The lowest BCUT2D eigenvalue weighted by Crippen LogP contribution is -2.10. The van der Waals surface area contributed by atoms with Crippen LogP contribution in [0.1, 0.15) is 10.6 Å². The maximum absolute atomic E-state index is 5.88. The topological polar surface area (TPSA) is 52.0 Å². The van der Waals surface area contributed by atoms with E-state index in [-0.39, 0.29) is 0 Å². The van der Waals surface area contributed by atoms with Gasteiger partial charge in [-0.2, -0.15) is 5.10 Å². The number of anilines is 1. The molecule has 120 valence electrons. The molecule has 3 rings (SSSR count). The predicted octanol–water partition coefficient (Wildman–Crippen LogP) is 3.99. The van der Waals surface area contributed by atoms with Crippen molar-refractivity contribution in [3.8, 4) is 5.75 Å². The van der Waals surface area contributed by atoms with Crippen molar-refractivity contribution >= 4 is 28.6 Å². The van der Waals surface area contributed by atoms with E-state index in [0.29, 0.717) is 24.2 Å². The molecule has 3 aromatic rings. The molecule has 5 nitrogen and oxygen atoms in total. The zero-order chi connectivity index (χ0) is 16.1. The third kappa shape index (κ3) is 4.46. The van der Waals surface area contributed by atoms with Gasteiger partial charge in [-0.05, 0) is 25.1 Å². The largest absolute Gasteiger partial charge is 0.489 e. The van der Waals surface area contributed by atoms with Crippen LogP contribution < -0.4 is 10.1 Å². The minimum atomic E-state index is 0.556. The van der Waals surface area contributed by atoms with Crippen LogP contribution in [0, 0.1) is 6.92 Å². The Hall–Kier alpha value is -2.05. The number of halogens is 1. The van der Waals surface area contributed by atoms with Crippen LogP contribution in [0.3, 0.4) is 0 Å². The van der Waals surface area contributed by atoms with Crippen LogP contribution in [0.15, 0.2) is 42.7 Å². The van der Waals surface area contributed by atoms with Crippen molar-refractivity contribution in [3.05, 3.63) is 57.8 Å². The molecule has 0 unspecified atom stereocenters. The number of nitrogens with zero attached hydrogens (tertiary/aromatic N) is 3. The Labute approximate surface area is 143 Å². The van der Waals surface area contributed by atoms with Gasteiger partial charge in [0.2, 0.25) is 0 Å². The molecule has 0 atom stereocenters. The molecule has 0 amide bonds. The highest BCUT2D eigenvalue weighted by Crippen LogP contribution is 2.25. The molecular weight excluding hydrogens is 332 g/mol. The van der Waals surface area contributed by atoms with E-state index in [0.717, 1.165) is 22.0 Å². The Kier molecular flexibility index (Phi) is 5.15. The lowest BCUT2D eigenvalue weighted by molar-refractivity contribution is 0.292. The number of aryl methyl sites for hydroxylation is 1. The molecular formula is C16H17ClN4OS. The van der Waals surface area contributed by atoms with E-state index >= 15 is 0 Å². The molecule has 0 saturated heterocycles. The highest BCUT2D eigenvalue weighted by atomic mass is 35.5. The van der Waals surface area contributed by atoms with Gasteiger partial charge < -0.3 is 10.1 Å². The van der Waals surface area contributed by atoms with Gasteiger partial charge in [0, 0.05) is 17.3 Å². The van der Waals surface area contributed by atoms with Crippen molar-refractivity contribution in [2.75, 3.05) is 11.9 Å². The number of aromatic nitrogens is 3. The summed E-state index contributed by atoms with van der Waals surface area (Å²) in [4.78, 5) is 5.12. The number of ether oxygens (including phenoxy) is 1. The Morgan fingerprint density at radius 1 is 1.30 bits per heavy atom. The quantitative estimate of drug-likeness (QED) is 0.701. The number of nitrogens with one attached hydrogen (secondary N) is 1. The van der Waals surface area contributed by atoms with Crippen LogP contribution >= 0.6 is 22.9 Å². The summed E-state index contributed by atoms with van der Waals surface area (Å²) >= 11 is 7.32. The summed E-state index contributed by atoms with van der Waals surface area (Å²) in [6.45, 7) is 3.92. The van der Waals surface area contributed by atoms with E-state index in [9.17, 15) is 0 Å². The first-order valence-electron chi connectivity index (χ1n) is 7.27. The van der Waals surface area contributed by atoms with Gasteiger partial charge in [-0.25, -0.2) is 4.98 Å². The summed E-state index contributed by atoms with van der Waals surface area (Å²) in [6.07, 6.45) is 3.74. The summed E-state index contributed by atoms with van der Waals surface area (Å²) < 4.78 is 8.32. The molecule has 23 heavy (non-hydrogen) atoms. The molecule has 2 aromatic heterocycles. The highest BCUT2D eigenvalue weighted by molar-refractivity contribution is 7.15. The first kappa shape index (κ1) is 15.8. The maximum atomic E-state index is 5.88. The molecule has 0 fully saturated rings. The number of thiazole rings is 1. The lowest BCUT2D eigenvalue weighted by atomic mass is 10.3. The molecule has 0 aliphatic rings. The number of rotatable bonds is 7. The van der Waals surface area contributed by atoms with Gasteiger partial charge >= 0.3 is 0 Å². The van der Waals surface area contributed by atoms with E-state index in [4.69, 9.17) is 16.3 Å². The fraction of sp³-hybridized carbons (Fsp3) is 0.250. The monoisotopic (exact) mass is 348 g/mol. The third-order valence-electron chi connectivity index (χ3n) is 3.22. The Balaban J connectivity index is 1.56. The van der Waals surface area contributed by atoms with Gasteiger partial charge in [0.1, 0.15) is 12.4 Å². The maximum Gasteiger partial charge on any atom is 0.183 e.